The maximum absolute atomic E-state index is 12.5. The minimum Gasteiger partial charge on any atom is -0.364 e. The van der Waals surface area contributed by atoms with Crippen LogP contribution in [-0.4, -0.2) is 14.3 Å². The molecule has 0 N–H and O–H groups in total. The highest BCUT2D eigenvalue weighted by atomic mass is 79.9. The summed E-state index contributed by atoms with van der Waals surface area (Å²) < 4.78 is 7.68. The third-order valence-corrected chi connectivity index (χ3v) is 3.75. The molecule has 3 rings (SSSR count). The zero-order chi connectivity index (χ0) is 15.5. The van der Waals surface area contributed by atoms with Crippen molar-refractivity contribution in [2.45, 2.75) is 13.1 Å². The summed E-state index contributed by atoms with van der Waals surface area (Å²) in [7, 11) is 0. The van der Waals surface area contributed by atoms with Crippen LogP contribution >= 0.6 is 15.9 Å². The molecule has 0 spiro atoms. The summed E-state index contributed by atoms with van der Waals surface area (Å²) in [6, 6.07) is 11.2. The summed E-state index contributed by atoms with van der Waals surface area (Å²) in [5.41, 5.74) is 0.712. The molecular weight excluding hydrogens is 350 g/mol. The van der Waals surface area contributed by atoms with E-state index in [2.05, 4.69) is 21.1 Å². The van der Waals surface area contributed by atoms with E-state index in [4.69, 9.17) is 4.52 Å². The first-order valence-electron chi connectivity index (χ1n) is 6.58. The number of benzene rings is 1. The molecule has 112 valence electrons. The zero-order valence-corrected chi connectivity index (χ0v) is 13.1. The van der Waals surface area contributed by atoms with E-state index in [0.29, 0.717) is 16.7 Å². The van der Waals surface area contributed by atoms with E-state index in [1.165, 1.54) is 17.0 Å². The van der Waals surface area contributed by atoms with Crippen LogP contribution in [0.1, 0.15) is 11.3 Å². The fourth-order valence-electron chi connectivity index (χ4n) is 2.13. The van der Waals surface area contributed by atoms with Crippen molar-refractivity contribution in [2.24, 2.45) is 0 Å². The molecule has 6 nitrogen and oxygen atoms in total. The molecule has 0 fully saturated rings. The molecule has 0 unspecified atom stereocenters. The maximum atomic E-state index is 12.5. The summed E-state index contributed by atoms with van der Waals surface area (Å²) in [6.45, 7) is 0.458. The van der Waals surface area contributed by atoms with E-state index in [1.807, 2.05) is 30.3 Å². The number of nitrogens with zero attached hydrogens (tertiary/aromatic N) is 3. The van der Waals surface area contributed by atoms with Crippen LogP contribution in [0, 0.1) is 0 Å². The first-order valence-corrected chi connectivity index (χ1v) is 7.37. The van der Waals surface area contributed by atoms with E-state index in [-0.39, 0.29) is 12.2 Å². The lowest BCUT2D eigenvalue weighted by Gasteiger charge is -2.10. The summed E-state index contributed by atoms with van der Waals surface area (Å²) >= 11 is 3.21. The molecule has 0 atom stereocenters. The van der Waals surface area contributed by atoms with Gasteiger partial charge in [0.2, 0.25) is 0 Å². The second-order valence-electron chi connectivity index (χ2n) is 4.76. The van der Waals surface area contributed by atoms with Gasteiger partial charge in [0.1, 0.15) is 12.0 Å². The summed E-state index contributed by atoms with van der Waals surface area (Å²) in [4.78, 5) is 24.7. The Labute approximate surface area is 133 Å². The summed E-state index contributed by atoms with van der Waals surface area (Å²) in [5.74, 6) is 0. The van der Waals surface area contributed by atoms with E-state index in [0.717, 1.165) is 10.1 Å². The Bertz CT molecular complexity index is 883. The molecule has 3 aromatic rings. The van der Waals surface area contributed by atoms with Gasteiger partial charge < -0.3 is 4.52 Å². The van der Waals surface area contributed by atoms with Gasteiger partial charge in [0, 0.05) is 12.3 Å². The normalized spacial score (nSPS) is 10.8. The van der Waals surface area contributed by atoms with Gasteiger partial charge in [0.15, 0.2) is 0 Å². The molecule has 0 aliphatic heterocycles. The number of hydrogen-bond donors (Lipinski definition) is 0. The highest BCUT2D eigenvalue weighted by molar-refractivity contribution is 9.10. The van der Waals surface area contributed by atoms with Crippen molar-refractivity contribution in [2.75, 3.05) is 0 Å². The Morgan fingerprint density at radius 2 is 1.86 bits per heavy atom. The summed E-state index contributed by atoms with van der Waals surface area (Å²) in [5, 5.41) is 3.74. The molecule has 0 saturated heterocycles. The highest BCUT2D eigenvalue weighted by Crippen LogP contribution is 2.05. The van der Waals surface area contributed by atoms with Crippen LogP contribution in [-0.2, 0) is 13.1 Å². The van der Waals surface area contributed by atoms with Crippen LogP contribution in [0.25, 0.3) is 0 Å². The van der Waals surface area contributed by atoms with Crippen LogP contribution < -0.4 is 11.2 Å². The standard InChI is InChI=1S/C15H12BrN3O3/c16-13-10-18(8-11-4-2-1-3-5-11)15(21)19(14(13)20)9-12-6-7-22-17-12/h1-7,10H,8-9H2. The topological polar surface area (TPSA) is 70.0 Å². The first kappa shape index (κ1) is 14.5. The minimum atomic E-state index is -0.391. The van der Waals surface area contributed by atoms with Crippen molar-refractivity contribution in [1.82, 2.24) is 14.3 Å². The Hall–Kier alpha value is -2.41. The van der Waals surface area contributed by atoms with Crippen molar-refractivity contribution < 1.29 is 4.52 Å². The van der Waals surface area contributed by atoms with Crippen LogP contribution in [0.3, 0.4) is 0 Å². The number of aromatic nitrogens is 3. The largest absolute Gasteiger partial charge is 0.364 e. The molecule has 0 bridgehead atoms. The lowest BCUT2D eigenvalue weighted by atomic mass is 10.2. The molecular formula is C15H12BrN3O3. The molecule has 0 saturated carbocycles. The van der Waals surface area contributed by atoms with Gasteiger partial charge in [-0.05, 0) is 21.5 Å². The minimum absolute atomic E-state index is 0.0718. The van der Waals surface area contributed by atoms with Crippen LogP contribution in [0.5, 0.6) is 0 Å². The average molecular weight is 362 g/mol. The average Bonchev–Trinajstić information content (AvgIpc) is 3.03. The highest BCUT2D eigenvalue weighted by Gasteiger charge is 2.11. The van der Waals surface area contributed by atoms with Crippen molar-refractivity contribution in [3.8, 4) is 0 Å². The number of rotatable bonds is 4. The van der Waals surface area contributed by atoms with Gasteiger partial charge in [-0.25, -0.2) is 4.79 Å². The molecule has 2 aromatic heterocycles. The predicted molar refractivity (Wildman–Crippen MR) is 83.8 cm³/mol. The fraction of sp³-hybridized carbons (Fsp3) is 0.133. The Morgan fingerprint density at radius 1 is 1.09 bits per heavy atom. The Morgan fingerprint density at radius 3 is 2.55 bits per heavy atom. The third kappa shape index (κ3) is 2.94. The van der Waals surface area contributed by atoms with Crippen molar-refractivity contribution >= 4 is 15.9 Å². The van der Waals surface area contributed by atoms with Gasteiger partial charge in [-0.2, -0.15) is 0 Å². The lowest BCUT2D eigenvalue weighted by Crippen LogP contribution is -2.40. The van der Waals surface area contributed by atoms with Crippen LogP contribution in [0.2, 0.25) is 0 Å². The number of hydrogen-bond acceptors (Lipinski definition) is 4. The number of halogens is 1. The van der Waals surface area contributed by atoms with E-state index >= 15 is 0 Å². The SMILES string of the molecule is O=c1c(Br)cn(Cc2ccccc2)c(=O)n1Cc1ccon1. The molecule has 0 aliphatic rings. The maximum Gasteiger partial charge on any atom is 0.331 e. The van der Waals surface area contributed by atoms with Gasteiger partial charge in [-0.3, -0.25) is 13.9 Å². The third-order valence-electron chi connectivity index (χ3n) is 3.20. The quantitative estimate of drug-likeness (QED) is 0.711. The van der Waals surface area contributed by atoms with Crippen LogP contribution in [0.4, 0.5) is 0 Å². The monoisotopic (exact) mass is 361 g/mol. The van der Waals surface area contributed by atoms with Gasteiger partial charge in [0.05, 0.1) is 17.6 Å². The van der Waals surface area contributed by atoms with E-state index < -0.39 is 5.56 Å². The summed E-state index contributed by atoms with van der Waals surface area (Å²) in [6.07, 6.45) is 2.91. The Balaban J connectivity index is 2.03. The molecule has 1 aromatic carbocycles. The molecule has 0 amide bonds. The lowest BCUT2D eigenvalue weighted by molar-refractivity contribution is 0.408. The predicted octanol–water partition coefficient (Wildman–Crippen LogP) is 1.86. The molecule has 22 heavy (non-hydrogen) atoms. The van der Waals surface area contributed by atoms with Gasteiger partial charge in [0.25, 0.3) is 5.56 Å². The van der Waals surface area contributed by atoms with E-state index in [1.54, 1.807) is 6.07 Å². The molecule has 0 radical (unpaired) electrons. The van der Waals surface area contributed by atoms with Crippen molar-refractivity contribution in [3.63, 3.8) is 0 Å². The van der Waals surface area contributed by atoms with Crippen molar-refractivity contribution in [3.05, 3.63) is 85.4 Å². The smallest absolute Gasteiger partial charge is 0.331 e. The molecule has 0 aliphatic carbocycles. The second kappa shape index (κ2) is 6.15. The zero-order valence-electron chi connectivity index (χ0n) is 11.5. The van der Waals surface area contributed by atoms with Crippen molar-refractivity contribution in [1.29, 1.82) is 0 Å². The van der Waals surface area contributed by atoms with Crippen LogP contribution in [0.15, 0.2) is 67.4 Å². The van der Waals surface area contributed by atoms with E-state index in [9.17, 15) is 9.59 Å². The Kier molecular flexibility index (Phi) is 4.06. The van der Waals surface area contributed by atoms with Gasteiger partial charge >= 0.3 is 5.69 Å². The second-order valence-corrected chi connectivity index (χ2v) is 5.61. The molecule has 2 heterocycles. The molecule has 7 heteroatoms. The van der Waals surface area contributed by atoms with Gasteiger partial charge in [-0.15, -0.1) is 0 Å². The van der Waals surface area contributed by atoms with Gasteiger partial charge in [-0.1, -0.05) is 35.5 Å². The fourth-order valence-corrected chi connectivity index (χ4v) is 2.59. The first-order chi connectivity index (χ1) is 10.6.